The first-order chi connectivity index (χ1) is 6.92. The SMILES string of the molecule is CNC(c1ccnnc1)c1ccoc1. The van der Waals surface area contributed by atoms with Crippen molar-refractivity contribution in [1.29, 1.82) is 0 Å². The van der Waals surface area contributed by atoms with E-state index in [1.54, 1.807) is 24.9 Å². The molecule has 1 unspecified atom stereocenters. The van der Waals surface area contributed by atoms with Crippen LogP contribution in [0.1, 0.15) is 17.2 Å². The van der Waals surface area contributed by atoms with E-state index >= 15 is 0 Å². The molecule has 4 heteroatoms. The second-order valence-electron chi connectivity index (χ2n) is 2.95. The van der Waals surface area contributed by atoms with Crippen molar-refractivity contribution in [2.24, 2.45) is 0 Å². The lowest BCUT2D eigenvalue weighted by Gasteiger charge is -2.13. The molecule has 0 aromatic carbocycles. The van der Waals surface area contributed by atoms with E-state index in [0.717, 1.165) is 11.1 Å². The topological polar surface area (TPSA) is 51.0 Å². The van der Waals surface area contributed by atoms with Gasteiger partial charge in [0.25, 0.3) is 0 Å². The molecule has 1 N–H and O–H groups in total. The van der Waals surface area contributed by atoms with Crippen molar-refractivity contribution in [3.8, 4) is 0 Å². The van der Waals surface area contributed by atoms with Gasteiger partial charge >= 0.3 is 0 Å². The molecule has 0 saturated heterocycles. The van der Waals surface area contributed by atoms with Gasteiger partial charge in [-0.05, 0) is 24.7 Å². The minimum absolute atomic E-state index is 0.115. The van der Waals surface area contributed by atoms with Crippen LogP contribution in [0.3, 0.4) is 0 Å². The van der Waals surface area contributed by atoms with Crippen molar-refractivity contribution in [2.45, 2.75) is 6.04 Å². The second-order valence-corrected chi connectivity index (χ2v) is 2.95. The number of furan rings is 1. The zero-order valence-corrected chi connectivity index (χ0v) is 7.84. The highest BCUT2D eigenvalue weighted by Gasteiger charge is 2.12. The highest BCUT2D eigenvalue weighted by atomic mass is 16.3. The van der Waals surface area contributed by atoms with Crippen LogP contribution in [0.5, 0.6) is 0 Å². The summed E-state index contributed by atoms with van der Waals surface area (Å²) in [5.74, 6) is 0. The molecule has 0 spiro atoms. The molecule has 0 aliphatic rings. The van der Waals surface area contributed by atoms with Crippen LogP contribution in [-0.2, 0) is 0 Å². The lowest BCUT2D eigenvalue weighted by molar-refractivity contribution is 0.557. The monoisotopic (exact) mass is 189 g/mol. The molecule has 2 aromatic rings. The summed E-state index contributed by atoms with van der Waals surface area (Å²) in [6, 6.07) is 3.98. The Balaban J connectivity index is 2.31. The maximum Gasteiger partial charge on any atom is 0.0953 e. The summed E-state index contributed by atoms with van der Waals surface area (Å²) in [5.41, 5.74) is 2.16. The molecular weight excluding hydrogens is 178 g/mol. The summed E-state index contributed by atoms with van der Waals surface area (Å²) < 4.78 is 5.04. The lowest BCUT2D eigenvalue weighted by Crippen LogP contribution is -2.17. The molecule has 0 aliphatic carbocycles. The molecule has 2 heterocycles. The molecular formula is C10H11N3O. The summed E-state index contributed by atoms with van der Waals surface area (Å²) in [4.78, 5) is 0. The van der Waals surface area contributed by atoms with Crippen LogP contribution in [0.25, 0.3) is 0 Å². The molecule has 0 saturated carbocycles. The number of nitrogens with zero attached hydrogens (tertiary/aromatic N) is 2. The van der Waals surface area contributed by atoms with Crippen molar-refractivity contribution in [1.82, 2.24) is 15.5 Å². The van der Waals surface area contributed by atoms with E-state index in [2.05, 4.69) is 15.5 Å². The number of aromatic nitrogens is 2. The Kier molecular flexibility index (Phi) is 2.55. The fourth-order valence-electron chi connectivity index (χ4n) is 1.44. The molecule has 2 rings (SSSR count). The predicted molar refractivity (Wildman–Crippen MR) is 51.6 cm³/mol. The normalized spacial score (nSPS) is 12.6. The highest BCUT2D eigenvalue weighted by molar-refractivity contribution is 5.25. The number of nitrogens with one attached hydrogen (secondary N) is 1. The molecule has 2 aromatic heterocycles. The largest absolute Gasteiger partial charge is 0.472 e. The van der Waals surface area contributed by atoms with E-state index in [-0.39, 0.29) is 6.04 Å². The summed E-state index contributed by atoms with van der Waals surface area (Å²) in [7, 11) is 1.90. The molecule has 0 bridgehead atoms. The van der Waals surface area contributed by atoms with Crippen molar-refractivity contribution in [3.05, 3.63) is 48.2 Å². The van der Waals surface area contributed by atoms with Gasteiger partial charge in [-0.3, -0.25) is 0 Å². The molecule has 0 amide bonds. The molecule has 0 radical (unpaired) electrons. The average molecular weight is 189 g/mol. The van der Waals surface area contributed by atoms with Crippen molar-refractivity contribution in [3.63, 3.8) is 0 Å². The van der Waals surface area contributed by atoms with E-state index < -0.39 is 0 Å². The predicted octanol–water partition coefficient (Wildman–Crippen LogP) is 1.38. The van der Waals surface area contributed by atoms with Crippen LogP contribution in [0, 0.1) is 0 Å². The van der Waals surface area contributed by atoms with Gasteiger partial charge in [-0.1, -0.05) is 0 Å². The van der Waals surface area contributed by atoms with E-state index in [1.807, 2.05) is 19.2 Å². The van der Waals surface area contributed by atoms with Crippen LogP contribution in [0.2, 0.25) is 0 Å². The maximum atomic E-state index is 5.04. The van der Waals surface area contributed by atoms with E-state index in [1.165, 1.54) is 0 Å². The average Bonchev–Trinajstić information content (AvgIpc) is 2.74. The zero-order chi connectivity index (χ0) is 9.80. The Morgan fingerprint density at radius 1 is 1.29 bits per heavy atom. The maximum absolute atomic E-state index is 5.04. The van der Waals surface area contributed by atoms with Gasteiger partial charge in [0.1, 0.15) is 0 Å². The van der Waals surface area contributed by atoms with E-state index in [4.69, 9.17) is 4.42 Å². The Bertz CT molecular complexity index is 372. The van der Waals surface area contributed by atoms with Crippen molar-refractivity contribution >= 4 is 0 Å². The molecule has 4 nitrogen and oxygen atoms in total. The van der Waals surface area contributed by atoms with E-state index in [9.17, 15) is 0 Å². The van der Waals surface area contributed by atoms with Gasteiger partial charge in [0.2, 0.25) is 0 Å². The first kappa shape index (κ1) is 8.90. The molecule has 0 aliphatic heterocycles. The molecule has 1 atom stereocenters. The smallest absolute Gasteiger partial charge is 0.0953 e. The summed E-state index contributed by atoms with van der Waals surface area (Å²) in [6.45, 7) is 0. The first-order valence-corrected chi connectivity index (χ1v) is 4.38. The Morgan fingerprint density at radius 2 is 2.21 bits per heavy atom. The third-order valence-corrected chi connectivity index (χ3v) is 2.11. The molecule has 72 valence electrons. The Labute approximate surface area is 82.0 Å². The van der Waals surface area contributed by atoms with Crippen LogP contribution in [-0.4, -0.2) is 17.2 Å². The van der Waals surface area contributed by atoms with Gasteiger partial charge in [-0.15, -0.1) is 0 Å². The third kappa shape index (κ3) is 1.65. The van der Waals surface area contributed by atoms with Crippen LogP contribution < -0.4 is 5.32 Å². The van der Waals surface area contributed by atoms with Crippen LogP contribution in [0.4, 0.5) is 0 Å². The van der Waals surface area contributed by atoms with Gasteiger partial charge < -0.3 is 9.73 Å². The van der Waals surface area contributed by atoms with Crippen molar-refractivity contribution in [2.75, 3.05) is 7.05 Å². The van der Waals surface area contributed by atoms with Gasteiger partial charge in [-0.2, -0.15) is 10.2 Å². The standard InChI is InChI=1S/C10H11N3O/c1-11-10(9-3-5-14-7-9)8-2-4-12-13-6-8/h2-7,10-11H,1H3. The minimum atomic E-state index is 0.115. The van der Waals surface area contributed by atoms with Crippen LogP contribution in [0.15, 0.2) is 41.5 Å². The number of hydrogen-bond acceptors (Lipinski definition) is 4. The molecule has 14 heavy (non-hydrogen) atoms. The lowest BCUT2D eigenvalue weighted by atomic mass is 10.0. The van der Waals surface area contributed by atoms with Gasteiger partial charge in [0.05, 0.1) is 24.8 Å². The van der Waals surface area contributed by atoms with E-state index in [0.29, 0.717) is 0 Å². The summed E-state index contributed by atoms with van der Waals surface area (Å²) >= 11 is 0. The Morgan fingerprint density at radius 3 is 2.79 bits per heavy atom. The Hall–Kier alpha value is -1.68. The third-order valence-electron chi connectivity index (χ3n) is 2.11. The van der Waals surface area contributed by atoms with Gasteiger partial charge in [0.15, 0.2) is 0 Å². The number of rotatable bonds is 3. The van der Waals surface area contributed by atoms with Crippen molar-refractivity contribution < 1.29 is 4.42 Å². The van der Waals surface area contributed by atoms with Gasteiger partial charge in [0, 0.05) is 11.8 Å². The first-order valence-electron chi connectivity index (χ1n) is 4.38. The fourth-order valence-corrected chi connectivity index (χ4v) is 1.44. The highest BCUT2D eigenvalue weighted by Crippen LogP contribution is 2.20. The summed E-state index contributed by atoms with van der Waals surface area (Å²) in [5, 5.41) is 10.8. The minimum Gasteiger partial charge on any atom is -0.472 e. The van der Waals surface area contributed by atoms with Gasteiger partial charge in [-0.25, -0.2) is 0 Å². The zero-order valence-electron chi connectivity index (χ0n) is 7.84. The summed E-state index contributed by atoms with van der Waals surface area (Å²) in [6.07, 6.45) is 6.81. The molecule has 0 fully saturated rings. The van der Waals surface area contributed by atoms with Crippen LogP contribution >= 0.6 is 0 Å². The number of hydrogen-bond donors (Lipinski definition) is 1. The quantitative estimate of drug-likeness (QED) is 0.792. The fraction of sp³-hybridized carbons (Fsp3) is 0.200. The second kappa shape index (κ2) is 4.02.